The van der Waals surface area contributed by atoms with Gasteiger partial charge in [-0.2, -0.15) is 0 Å². The number of carbonyl (C=O) groups excluding carboxylic acids is 1. The first-order valence-electron chi connectivity index (χ1n) is 9.27. The molecule has 0 bridgehead atoms. The van der Waals surface area contributed by atoms with E-state index in [1.54, 1.807) is 4.57 Å². The molecule has 0 amide bonds. The molecule has 29 heavy (non-hydrogen) atoms. The van der Waals surface area contributed by atoms with Gasteiger partial charge in [-0.3, -0.25) is 14.2 Å². The zero-order chi connectivity index (χ0) is 20.8. The number of carbonyl (C=O) groups is 1. The molecule has 3 heterocycles. The van der Waals surface area contributed by atoms with Crippen molar-refractivity contribution in [2.45, 2.75) is 44.6 Å². The third kappa shape index (κ3) is 3.84. The van der Waals surface area contributed by atoms with Gasteiger partial charge >= 0.3 is 5.97 Å². The van der Waals surface area contributed by atoms with Gasteiger partial charge in [0.15, 0.2) is 5.16 Å². The number of hydrogen-bond acceptors (Lipinski definition) is 7. The van der Waals surface area contributed by atoms with Crippen molar-refractivity contribution in [3.05, 3.63) is 50.6 Å². The molecule has 0 spiro atoms. The van der Waals surface area contributed by atoms with Crippen LogP contribution in [0.2, 0.25) is 0 Å². The summed E-state index contributed by atoms with van der Waals surface area (Å²) in [5, 5.41) is 1.14. The Kier molecular flexibility index (Phi) is 5.27. The number of hydrogen-bond donors (Lipinski definition) is 0. The second-order valence-corrected chi connectivity index (χ2v) is 9.67. The smallest absolute Gasteiger partial charge is 0.316 e. The highest BCUT2D eigenvalue weighted by molar-refractivity contribution is 7.99. The van der Waals surface area contributed by atoms with E-state index < -0.39 is 0 Å². The Morgan fingerprint density at radius 2 is 2.07 bits per heavy atom. The van der Waals surface area contributed by atoms with Crippen LogP contribution in [-0.2, 0) is 27.3 Å². The minimum Gasteiger partial charge on any atom is -0.468 e. The summed E-state index contributed by atoms with van der Waals surface area (Å²) in [4.78, 5) is 31.9. The molecule has 1 aliphatic rings. The fraction of sp³-hybridized carbons (Fsp3) is 0.381. The van der Waals surface area contributed by atoms with Crippen molar-refractivity contribution < 1.29 is 14.3 Å². The van der Waals surface area contributed by atoms with Crippen LogP contribution in [0, 0.1) is 6.92 Å². The molecule has 1 aromatic carbocycles. The van der Waals surface area contributed by atoms with Crippen LogP contribution in [0.3, 0.4) is 0 Å². The van der Waals surface area contributed by atoms with E-state index in [9.17, 15) is 9.59 Å². The molecule has 0 aliphatic carbocycles. The fourth-order valence-electron chi connectivity index (χ4n) is 3.37. The number of thioether (sulfide) groups is 1. The van der Waals surface area contributed by atoms with Gasteiger partial charge in [-0.1, -0.05) is 29.5 Å². The Morgan fingerprint density at radius 1 is 1.34 bits per heavy atom. The molecular weight excluding hydrogens is 408 g/mol. The highest BCUT2D eigenvalue weighted by Crippen LogP contribution is 2.37. The summed E-state index contributed by atoms with van der Waals surface area (Å²) in [5.74, 6) is -0.276. The average molecular weight is 431 g/mol. The maximum atomic E-state index is 13.7. The van der Waals surface area contributed by atoms with Gasteiger partial charge in [0.05, 0.1) is 36.1 Å². The summed E-state index contributed by atoms with van der Waals surface area (Å²) in [7, 11) is 1.35. The first kappa shape index (κ1) is 20.1. The molecule has 0 fully saturated rings. The van der Waals surface area contributed by atoms with Crippen LogP contribution in [0.25, 0.3) is 15.9 Å². The van der Waals surface area contributed by atoms with E-state index in [1.165, 1.54) is 30.2 Å². The van der Waals surface area contributed by atoms with Gasteiger partial charge in [0.1, 0.15) is 4.83 Å². The Morgan fingerprint density at radius 3 is 2.76 bits per heavy atom. The Hall–Kier alpha value is -2.16. The second-order valence-electron chi connectivity index (χ2n) is 7.64. The summed E-state index contributed by atoms with van der Waals surface area (Å²) in [6.45, 7) is 6.55. The van der Waals surface area contributed by atoms with E-state index in [-0.39, 0.29) is 22.9 Å². The molecule has 6 nitrogen and oxygen atoms in total. The average Bonchev–Trinajstić information content (AvgIpc) is 3.03. The molecule has 3 aromatic rings. The summed E-state index contributed by atoms with van der Waals surface area (Å²) < 4.78 is 12.3. The molecule has 0 unspecified atom stereocenters. The number of methoxy groups -OCH3 is 1. The standard InChI is InChI=1S/C21H22N2O4S2/c1-12-5-7-13(8-6-12)23-19(25)17-14-9-21(2,3)27-10-15(14)29-18(17)22-20(23)28-11-16(24)26-4/h5-8H,9-11H2,1-4H3. The number of esters is 1. The first-order chi connectivity index (χ1) is 13.8. The van der Waals surface area contributed by atoms with Crippen molar-refractivity contribution in [2.24, 2.45) is 0 Å². The summed E-state index contributed by atoms with van der Waals surface area (Å²) >= 11 is 2.70. The lowest BCUT2D eigenvalue weighted by molar-refractivity contribution is -0.137. The molecule has 0 radical (unpaired) electrons. The number of thiophene rings is 1. The predicted molar refractivity (Wildman–Crippen MR) is 115 cm³/mol. The Labute approximate surface area is 176 Å². The molecule has 0 saturated carbocycles. The summed E-state index contributed by atoms with van der Waals surface area (Å²) in [6.07, 6.45) is 0.668. The molecule has 4 rings (SSSR count). The minimum atomic E-state index is -0.361. The zero-order valence-electron chi connectivity index (χ0n) is 16.8. The number of aromatic nitrogens is 2. The lowest BCUT2D eigenvalue weighted by atomic mass is 9.94. The van der Waals surface area contributed by atoms with Crippen molar-refractivity contribution in [3.8, 4) is 5.69 Å². The number of benzene rings is 1. The van der Waals surface area contributed by atoms with E-state index in [4.69, 9.17) is 14.5 Å². The van der Waals surface area contributed by atoms with Gasteiger partial charge < -0.3 is 9.47 Å². The van der Waals surface area contributed by atoms with Crippen molar-refractivity contribution in [2.75, 3.05) is 12.9 Å². The van der Waals surface area contributed by atoms with Crippen LogP contribution in [0.5, 0.6) is 0 Å². The molecular formula is C21H22N2O4S2. The normalized spacial score (nSPS) is 15.3. The van der Waals surface area contributed by atoms with Crippen LogP contribution < -0.4 is 5.56 Å². The number of ether oxygens (including phenoxy) is 2. The van der Waals surface area contributed by atoms with Gasteiger partial charge in [-0.25, -0.2) is 4.98 Å². The molecule has 1 aliphatic heterocycles. The van der Waals surface area contributed by atoms with Gasteiger partial charge in [0.2, 0.25) is 0 Å². The molecule has 0 saturated heterocycles. The van der Waals surface area contributed by atoms with Crippen LogP contribution in [0.15, 0.2) is 34.2 Å². The topological polar surface area (TPSA) is 70.4 Å². The van der Waals surface area contributed by atoms with Gasteiger partial charge in [0.25, 0.3) is 5.56 Å². The van der Waals surface area contributed by atoms with E-state index in [2.05, 4.69) is 0 Å². The lowest BCUT2D eigenvalue weighted by Crippen LogP contribution is -2.32. The number of aryl methyl sites for hydroxylation is 1. The van der Waals surface area contributed by atoms with Crippen molar-refractivity contribution in [1.29, 1.82) is 0 Å². The molecule has 0 atom stereocenters. The summed E-state index contributed by atoms with van der Waals surface area (Å²) in [6, 6.07) is 7.72. The molecule has 152 valence electrons. The van der Waals surface area contributed by atoms with E-state index >= 15 is 0 Å². The maximum absolute atomic E-state index is 13.7. The largest absolute Gasteiger partial charge is 0.468 e. The van der Waals surface area contributed by atoms with Crippen molar-refractivity contribution >= 4 is 39.3 Å². The monoisotopic (exact) mass is 430 g/mol. The predicted octanol–water partition coefficient (Wildman–Crippen LogP) is 3.87. The van der Waals surface area contributed by atoms with Crippen LogP contribution >= 0.6 is 23.1 Å². The highest BCUT2D eigenvalue weighted by Gasteiger charge is 2.31. The second kappa shape index (κ2) is 7.59. The van der Waals surface area contributed by atoms with Gasteiger partial charge in [-0.05, 0) is 38.5 Å². The third-order valence-corrected chi connectivity index (χ3v) is 6.92. The van der Waals surface area contributed by atoms with Crippen LogP contribution in [-0.4, -0.2) is 34.0 Å². The quantitative estimate of drug-likeness (QED) is 0.356. The number of nitrogens with zero attached hydrogens (tertiary/aromatic N) is 2. The van der Waals surface area contributed by atoms with Crippen molar-refractivity contribution in [1.82, 2.24) is 9.55 Å². The maximum Gasteiger partial charge on any atom is 0.316 e. The first-order valence-corrected chi connectivity index (χ1v) is 11.1. The highest BCUT2D eigenvalue weighted by atomic mass is 32.2. The summed E-state index contributed by atoms with van der Waals surface area (Å²) in [5.41, 5.74) is 2.44. The molecule has 8 heteroatoms. The fourth-order valence-corrected chi connectivity index (χ4v) is 5.36. The lowest BCUT2D eigenvalue weighted by Gasteiger charge is -2.29. The van der Waals surface area contributed by atoms with E-state index in [0.29, 0.717) is 28.4 Å². The SMILES string of the molecule is COC(=O)CSc1nc2sc3c(c2c(=O)n1-c1ccc(C)cc1)CC(C)(C)OC3. The zero-order valence-corrected chi connectivity index (χ0v) is 18.4. The van der Waals surface area contributed by atoms with E-state index in [1.807, 2.05) is 45.0 Å². The number of fused-ring (bicyclic) bond motifs is 3. The van der Waals surface area contributed by atoms with Crippen molar-refractivity contribution in [3.63, 3.8) is 0 Å². The number of rotatable bonds is 4. The van der Waals surface area contributed by atoms with Crippen LogP contribution in [0.1, 0.15) is 29.9 Å². The minimum absolute atomic E-state index is 0.0849. The molecule has 0 N–H and O–H groups in total. The Bertz CT molecular complexity index is 1150. The Balaban J connectivity index is 1.93. The van der Waals surface area contributed by atoms with Gasteiger partial charge in [-0.15, -0.1) is 11.3 Å². The van der Waals surface area contributed by atoms with Crippen LogP contribution in [0.4, 0.5) is 0 Å². The van der Waals surface area contributed by atoms with E-state index in [0.717, 1.165) is 21.7 Å². The third-order valence-electron chi connectivity index (χ3n) is 4.91. The van der Waals surface area contributed by atoms with Gasteiger partial charge in [0, 0.05) is 11.3 Å². The molecule has 2 aromatic heterocycles.